The van der Waals surface area contributed by atoms with Crippen LogP contribution in [0.2, 0.25) is 0 Å². The smallest absolute Gasteiger partial charge is 0.227 e. The largest absolute Gasteiger partial charge is 0.339 e. The number of nitrogens with zero attached hydrogens (tertiary/aromatic N) is 3. The fraction of sp³-hybridized carbons (Fsp3) is 0.857. The summed E-state index contributed by atoms with van der Waals surface area (Å²) in [5, 5.41) is 7.55. The van der Waals surface area contributed by atoms with Crippen molar-refractivity contribution in [3.05, 3.63) is 11.7 Å². The summed E-state index contributed by atoms with van der Waals surface area (Å²) in [6.07, 6.45) is 7.08. The van der Waals surface area contributed by atoms with E-state index in [-0.39, 0.29) is 0 Å². The van der Waals surface area contributed by atoms with Crippen LogP contribution in [0.4, 0.5) is 0 Å². The molecule has 1 aromatic heterocycles. The number of rotatable bonds is 5. The fourth-order valence-electron chi connectivity index (χ4n) is 3.09. The summed E-state index contributed by atoms with van der Waals surface area (Å²) in [6, 6.07) is 0. The lowest BCUT2D eigenvalue weighted by molar-refractivity contribution is 0.309. The molecule has 5 heteroatoms. The summed E-state index contributed by atoms with van der Waals surface area (Å²) in [5.74, 6) is 2.38. The summed E-state index contributed by atoms with van der Waals surface area (Å²) in [7, 11) is 0. The highest BCUT2D eigenvalue weighted by Gasteiger charge is 2.17. The summed E-state index contributed by atoms with van der Waals surface area (Å²) in [4.78, 5) is 7.01. The second kappa shape index (κ2) is 6.48. The first kappa shape index (κ1) is 13.1. The molecule has 19 heavy (non-hydrogen) atoms. The third kappa shape index (κ3) is 3.76. The summed E-state index contributed by atoms with van der Waals surface area (Å²) in [6.45, 7) is 5.78. The van der Waals surface area contributed by atoms with Crippen molar-refractivity contribution in [3.8, 4) is 0 Å². The molecule has 2 aliphatic heterocycles. The molecule has 0 amide bonds. The van der Waals surface area contributed by atoms with Gasteiger partial charge in [-0.2, -0.15) is 4.98 Å². The van der Waals surface area contributed by atoms with Crippen LogP contribution in [0, 0.1) is 5.92 Å². The zero-order valence-electron chi connectivity index (χ0n) is 11.6. The summed E-state index contributed by atoms with van der Waals surface area (Å²) < 4.78 is 5.36. The quantitative estimate of drug-likeness (QED) is 0.867. The molecular weight excluding hydrogens is 240 g/mol. The first-order valence-corrected chi connectivity index (χ1v) is 7.65. The molecule has 0 spiro atoms. The second-order valence-corrected chi connectivity index (χ2v) is 5.82. The molecule has 1 aromatic rings. The number of piperidine rings is 1. The molecule has 0 radical (unpaired) electrons. The minimum absolute atomic E-state index is 0.679. The van der Waals surface area contributed by atoms with Gasteiger partial charge in [-0.05, 0) is 57.8 Å². The minimum atomic E-state index is 0.679. The van der Waals surface area contributed by atoms with E-state index in [1.807, 2.05) is 0 Å². The van der Waals surface area contributed by atoms with Gasteiger partial charge in [0.25, 0.3) is 0 Å². The zero-order valence-corrected chi connectivity index (χ0v) is 11.6. The summed E-state index contributed by atoms with van der Waals surface area (Å²) >= 11 is 0. The Kier molecular flexibility index (Phi) is 4.45. The van der Waals surface area contributed by atoms with Gasteiger partial charge in [0, 0.05) is 19.4 Å². The van der Waals surface area contributed by atoms with Gasteiger partial charge in [0.2, 0.25) is 5.89 Å². The molecule has 0 saturated carbocycles. The lowest BCUT2D eigenvalue weighted by Gasteiger charge is -2.20. The van der Waals surface area contributed by atoms with E-state index in [4.69, 9.17) is 4.52 Å². The maximum absolute atomic E-state index is 5.36. The monoisotopic (exact) mass is 264 g/mol. The predicted octanol–water partition coefficient (Wildman–Crippen LogP) is 1.25. The van der Waals surface area contributed by atoms with Gasteiger partial charge in [0.05, 0.1) is 0 Å². The first-order chi connectivity index (χ1) is 9.40. The van der Waals surface area contributed by atoms with E-state index in [0.29, 0.717) is 5.92 Å². The van der Waals surface area contributed by atoms with Crippen molar-refractivity contribution < 1.29 is 4.52 Å². The number of aromatic nitrogens is 2. The number of nitrogens with one attached hydrogen (secondary N) is 1. The highest BCUT2D eigenvalue weighted by molar-refractivity contribution is 4.90. The lowest BCUT2D eigenvalue weighted by atomic mass is 9.96. The van der Waals surface area contributed by atoms with Crippen molar-refractivity contribution in [2.45, 2.75) is 38.5 Å². The van der Waals surface area contributed by atoms with E-state index in [1.165, 1.54) is 38.8 Å². The van der Waals surface area contributed by atoms with Crippen molar-refractivity contribution >= 4 is 0 Å². The Bertz CT molecular complexity index is 381. The van der Waals surface area contributed by atoms with Crippen LogP contribution in [0.5, 0.6) is 0 Å². The molecule has 0 aromatic carbocycles. The van der Waals surface area contributed by atoms with Crippen LogP contribution >= 0.6 is 0 Å². The van der Waals surface area contributed by atoms with E-state index in [9.17, 15) is 0 Å². The Labute approximate surface area is 114 Å². The van der Waals surface area contributed by atoms with Gasteiger partial charge in [-0.15, -0.1) is 0 Å². The van der Waals surface area contributed by atoms with Gasteiger partial charge in [-0.25, -0.2) is 0 Å². The maximum atomic E-state index is 5.36. The van der Waals surface area contributed by atoms with Gasteiger partial charge in [-0.3, -0.25) is 0 Å². The zero-order chi connectivity index (χ0) is 12.9. The van der Waals surface area contributed by atoms with E-state index in [2.05, 4.69) is 20.4 Å². The van der Waals surface area contributed by atoms with Gasteiger partial charge in [-0.1, -0.05) is 5.16 Å². The van der Waals surface area contributed by atoms with Crippen LogP contribution in [-0.2, 0) is 12.8 Å². The normalized spacial score (nSPS) is 24.9. The third-order valence-electron chi connectivity index (χ3n) is 4.22. The topological polar surface area (TPSA) is 54.2 Å². The molecule has 1 atom stereocenters. The molecule has 5 nitrogen and oxygen atoms in total. The van der Waals surface area contributed by atoms with Gasteiger partial charge in [0.1, 0.15) is 0 Å². The molecule has 2 aliphatic rings. The van der Waals surface area contributed by atoms with E-state index >= 15 is 0 Å². The first-order valence-electron chi connectivity index (χ1n) is 7.65. The third-order valence-corrected chi connectivity index (χ3v) is 4.22. The van der Waals surface area contributed by atoms with Crippen LogP contribution in [0.15, 0.2) is 4.52 Å². The molecule has 2 fully saturated rings. The van der Waals surface area contributed by atoms with Crippen LogP contribution in [0.25, 0.3) is 0 Å². The molecule has 106 valence electrons. The minimum Gasteiger partial charge on any atom is -0.339 e. The predicted molar refractivity (Wildman–Crippen MR) is 73.0 cm³/mol. The maximum Gasteiger partial charge on any atom is 0.227 e. The van der Waals surface area contributed by atoms with Gasteiger partial charge in [0.15, 0.2) is 5.82 Å². The fourth-order valence-corrected chi connectivity index (χ4v) is 3.09. The number of hydrogen-bond acceptors (Lipinski definition) is 5. The molecule has 1 N–H and O–H groups in total. The molecule has 0 aliphatic carbocycles. The van der Waals surface area contributed by atoms with Gasteiger partial charge >= 0.3 is 0 Å². The van der Waals surface area contributed by atoms with Crippen molar-refractivity contribution in [1.29, 1.82) is 0 Å². The Hall–Kier alpha value is -0.940. The molecule has 3 heterocycles. The Morgan fingerprint density at radius 2 is 2.16 bits per heavy atom. The average molecular weight is 264 g/mol. The molecule has 0 bridgehead atoms. The average Bonchev–Trinajstić information content (AvgIpc) is 3.09. The van der Waals surface area contributed by atoms with E-state index in [0.717, 1.165) is 44.2 Å². The van der Waals surface area contributed by atoms with Crippen LogP contribution in [0.3, 0.4) is 0 Å². The van der Waals surface area contributed by atoms with Gasteiger partial charge < -0.3 is 14.7 Å². The Morgan fingerprint density at radius 3 is 2.95 bits per heavy atom. The molecule has 2 saturated heterocycles. The Balaban J connectivity index is 1.45. The second-order valence-electron chi connectivity index (χ2n) is 5.82. The van der Waals surface area contributed by atoms with Crippen LogP contribution < -0.4 is 5.32 Å². The molecule has 1 unspecified atom stereocenters. The van der Waals surface area contributed by atoms with Crippen LogP contribution in [0.1, 0.15) is 37.4 Å². The van der Waals surface area contributed by atoms with Crippen molar-refractivity contribution in [1.82, 2.24) is 20.4 Å². The van der Waals surface area contributed by atoms with Crippen molar-refractivity contribution in [2.75, 3.05) is 32.7 Å². The summed E-state index contributed by atoms with van der Waals surface area (Å²) in [5.41, 5.74) is 0. The lowest BCUT2D eigenvalue weighted by Crippen LogP contribution is -2.31. The number of likely N-dealkylation sites (tertiary alicyclic amines) is 1. The standard InChI is InChI=1S/C14H24N4O/c1-2-8-18(7-1)9-5-14-16-13(17-19-14)10-12-4-3-6-15-11-12/h12,15H,1-11H2. The van der Waals surface area contributed by atoms with E-state index in [1.54, 1.807) is 0 Å². The Morgan fingerprint density at radius 1 is 1.26 bits per heavy atom. The van der Waals surface area contributed by atoms with Crippen molar-refractivity contribution in [2.24, 2.45) is 5.92 Å². The SMILES string of the molecule is C1CNCC(Cc2noc(CCN3CCCC3)n2)C1. The number of hydrogen-bond donors (Lipinski definition) is 1. The molecular formula is C14H24N4O. The van der Waals surface area contributed by atoms with Crippen molar-refractivity contribution in [3.63, 3.8) is 0 Å². The highest BCUT2D eigenvalue weighted by Crippen LogP contribution is 2.15. The van der Waals surface area contributed by atoms with E-state index < -0.39 is 0 Å². The van der Waals surface area contributed by atoms with Crippen LogP contribution in [-0.4, -0.2) is 47.8 Å². The highest BCUT2D eigenvalue weighted by atomic mass is 16.5. The molecule has 3 rings (SSSR count).